The Balaban J connectivity index is 1.04. The summed E-state index contributed by atoms with van der Waals surface area (Å²) in [4.78, 5) is 33.7. The number of nitrogens with zero attached hydrogens (tertiary/aromatic N) is 4. The van der Waals surface area contributed by atoms with Gasteiger partial charge in [-0.25, -0.2) is 9.97 Å². The molecular formula is C35H35N7O4. The van der Waals surface area contributed by atoms with E-state index in [1.54, 1.807) is 6.07 Å². The van der Waals surface area contributed by atoms with Crippen molar-refractivity contribution in [1.29, 1.82) is 0 Å². The molecule has 2 aromatic heterocycles. The Kier molecular flexibility index (Phi) is 8.34. The van der Waals surface area contributed by atoms with E-state index < -0.39 is 0 Å². The van der Waals surface area contributed by atoms with Crippen LogP contribution in [-0.4, -0.2) is 88.7 Å². The molecule has 0 bridgehead atoms. The van der Waals surface area contributed by atoms with Gasteiger partial charge in [-0.1, -0.05) is 0 Å². The van der Waals surface area contributed by atoms with Gasteiger partial charge in [0, 0.05) is 59.9 Å². The van der Waals surface area contributed by atoms with Gasteiger partial charge >= 0.3 is 0 Å². The van der Waals surface area contributed by atoms with Crippen molar-refractivity contribution in [3.8, 4) is 22.8 Å². The van der Waals surface area contributed by atoms with E-state index in [-0.39, 0.29) is 19.1 Å². The van der Waals surface area contributed by atoms with Gasteiger partial charge in [-0.15, -0.1) is 0 Å². The molecule has 0 saturated carbocycles. The van der Waals surface area contributed by atoms with E-state index in [1.807, 2.05) is 59.5 Å². The van der Waals surface area contributed by atoms with Crippen molar-refractivity contribution < 1.29 is 19.7 Å². The van der Waals surface area contributed by atoms with Gasteiger partial charge in [-0.3, -0.25) is 4.79 Å². The lowest BCUT2D eigenvalue weighted by Gasteiger charge is -2.28. The molecule has 0 unspecified atom stereocenters. The highest BCUT2D eigenvalue weighted by molar-refractivity contribution is 6.06. The second-order valence-electron chi connectivity index (χ2n) is 11.2. The third-order valence-corrected chi connectivity index (χ3v) is 8.25. The Morgan fingerprint density at radius 3 is 2.13 bits per heavy atom. The highest BCUT2D eigenvalue weighted by atomic mass is 16.5. The van der Waals surface area contributed by atoms with Gasteiger partial charge in [-0.05, 0) is 84.9 Å². The number of rotatable bonds is 10. The summed E-state index contributed by atoms with van der Waals surface area (Å²) in [6.07, 6.45) is 0. The number of carbonyl (C=O) groups is 1. The van der Waals surface area contributed by atoms with Gasteiger partial charge in [0.1, 0.15) is 11.6 Å². The average molecular weight is 618 g/mol. The zero-order valence-electron chi connectivity index (χ0n) is 25.2. The number of nitrogens with one attached hydrogen (secondary N) is 3. The molecule has 1 amide bonds. The van der Waals surface area contributed by atoms with Crippen molar-refractivity contribution in [2.24, 2.45) is 0 Å². The molecular weight excluding hydrogens is 582 g/mol. The Morgan fingerprint density at radius 2 is 1.43 bits per heavy atom. The number of morpholine rings is 1. The first-order valence-electron chi connectivity index (χ1n) is 15.4. The SMILES string of the molecule is O=C(Nc1ccc2[nH]c(-c3ccc(N(CCO)CCO)cc3)nc2c1)c1ccc2nc(-c3ccc(N4CCOCC4)cc3)[nH]c2c1. The standard InChI is InChI=1S/C35H35N7O4/c43-17-13-41(14-18-44)27-7-1-24(2-8-27)34-38-30-12-6-26(22-32(30)40-34)36-35(45)25-5-11-29-31(21-25)39-33(37-29)23-3-9-28(10-4-23)42-15-19-46-20-16-42/h1-12,21-22,43-44H,13-20H2,(H,36,45)(H,37,39)(H,38,40). The number of imidazole rings is 2. The zero-order chi connectivity index (χ0) is 31.5. The molecule has 11 heteroatoms. The van der Waals surface area contributed by atoms with Crippen LogP contribution in [-0.2, 0) is 4.74 Å². The number of benzene rings is 4. The minimum Gasteiger partial charge on any atom is -0.395 e. The fourth-order valence-electron chi connectivity index (χ4n) is 5.80. The van der Waals surface area contributed by atoms with Crippen LogP contribution in [0.2, 0.25) is 0 Å². The van der Waals surface area contributed by atoms with Gasteiger partial charge in [-0.2, -0.15) is 0 Å². The Hall–Kier alpha value is -5.23. The summed E-state index contributed by atoms with van der Waals surface area (Å²) in [7, 11) is 0. The van der Waals surface area contributed by atoms with E-state index in [0.717, 1.165) is 71.0 Å². The predicted octanol–water partition coefficient (Wildman–Crippen LogP) is 4.65. The van der Waals surface area contributed by atoms with Crippen LogP contribution >= 0.6 is 0 Å². The number of H-pyrrole nitrogens is 2. The topological polar surface area (TPSA) is 143 Å². The summed E-state index contributed by atoms with van der Waals surface area (Å²) < 4.78 is 5.46. The van der Waals surface area contributed by atoms with Gasteiger partial charge in [0.25, 0.3) is 5.91 Å². The van der Waals surface area contributed by atoms with Gasteiger partial charge in [0.15, 0.2) is 0 Å². The molecule has 0 aliphatic carbocycles. The van der Waals surface area contributed by atoms with Crippen LogP contribution in [0.5, 0.6) is 0 Å². The van der Waals surface area contributed by atoms with Crippen molar-refractivity contribution in [3.63, 3.8) is 0 Å². The predicted molar refractivity (Wildman–Crippen MR) is 180 cm³/mol. The van der Waals surface area contributed by atoms with Crippen LogP contribution in [0.4, 0.5) is 17.1 Å². The van der Waals surface area contributed by atoms with Crippen LogP contribution in [0, 0.1) is 0 Å². The first-order chi connectivity index (χ1) is 22.6. The number of ether oxygens (including phenoxy) is 1. The molecule has 0 spiro atoms. The maximum absolute atomic E-state index is 13.2. The van der Waals surface area contributed by atoms with Crippen molar-refractivity contribution in [3.05, 3.63) is 90.5 Å². The molecule has 1 fully saturated rings. The molecule has 0 radical (unpaired) electrons. The van der Waals surface area contributed by atoms with Crippen molar-refractivity contribution >= 4 is 45.0 Å². The fourth-order valence-corrected chi connectivity index (χ4v) is 5.80. The molecule has 7 rings (SSSR count). The number of aliphatic hydroxyl groups excluding tert-OH is 2. The van der Waals surface area contributed by atoms with E-state index in [9.17, 15) is 15.0 Å². The number of hydrogen-bond donors (Lipinski definition) is 5. The maximum atomic E-state index is 13.2. The average Bonchev–Trinajstić information content (AvgIpc) is 3.73. The number of fused-ring (bicyclic) bond motifs is 2. The minimum atomic E-state index is -0.228. The van der Waals surface area contributed by atoms with E-state index in [1.165, 1.54) is 5.69 Å². The van der Waals surface area contributed by atoms with Gasteiger partial charge < -0.3 is 40.0 Å². The van der Waals surface area contributed by atoms with Gasteiger partial charge in [0.05, 0.1) is 48.5 Å². The molecule has 1 saturated heterocycles. The third-order valence-electron chi connectivity index (χ3n) is 8.25. The van der Waals surface area contributed by atoms with Gasteiger partial charge in [0.2, 0.25) is 0 Å². The van der Waals surface area contributed by atoms with Crippen molar-refractivity contribution in [2.75, 3.05) is 67.7 Å². The summed E-state index contributed by atoms with van der Waals surface area (Å²) in [5.41, 5.74) is 8.27. The van der Waals surface area contributed by atoms with Crippen LogP contribution in [0.1, 0.15) is 10.4 Å². The highest BCUT2D eigenvalue weighted by Crippen LogP contribution is 2.27. The normalized spacial score (nSPS) is 13.4. The number of aromatic amines is 2. The largest absolute Gasteiger partial charge is 0.395 e. The number of carbonyl (C=O) groups excluding carboxylic acids is 1. The Bertz CT molecular complexity index is 1960. The number of hydrogen-bond acceptors (Lipinski definition) is 8. The highest BCUT2D eigenvalue weighted by Gasteiger charge is 2.15. The summed E-state index contributed by atoms with van der Waals surface area (Å²) in [5.74, 6) is 1.23. The van der Waals surface area contributed by atoms with Crippen molar-refractivity contribution in [1.82, 2.24) is 19.9 Å². The second kappa shape index (κ2) is 13.0. The molecule has 1 aliphatic heterocycles. The molecule has 1 aliphatic rings. The molecule has 5 N–H and O–H groups in total. The van der Waals surface area contributed by atoms with E-state index in [4.69, 9.17) is 14.7 Å². The molecule has 11 nitrogen and oxygen atoms in total. The second-order valence-corrected chi connectivity index (χ2v) is 11.2. The third kappa shape index (κ3) is 6.16. The summed E-state index contributed by atoms with van der Waals surface area (Å²) in [6.45, 7) is 4.17. The summed E-state index contributed by atoms with van der Waals surface area (Å²) >= 11 is 0. The van der Waals surface area contributed by atoms with Crippen LogP contribution in [0.3, 0.4) is 0 Å². The number of aromatic nitrogens is 4. The van der Waals surface area contributed by atoms with E-state index in [0.29, 0.717) is 30.2 Å². The van der Waals surface area contributed by atoms with E-state index >= 15 is 0 Å². The Morgan fingerprint density at radius 1 is 0.783 bits per heavy atom. The molecule has 0 atom stereocenters. The molecule has 3 heterocycles. The summed E-state index contributed by atoms with van der Waals surface area (Å²) in [5, 5.41) is 21.7. The quantitative estimate of drug-likeness (QED) is 0.150. The van der Waals surface area contributed by atoms with Crippen LogP contribution in [0.25, 0.3) is 44.8 Å². The zero-order valence-corrected chi connectivity index (χ0v) is 25.2. The molecule has 46 heavy (non-hydrogen) atoms. The first-order valence-corrected chi connectivity index (χ1v) is 15.4. The Labute approximate surface area is 265 Å². The number of aliphatic hydroxyl groups is 2. The minimum absolute atomic E-state index is 0.00809. The van der Waals surface area contributed by atoms with E-state index in [2.05, 4.69) is 44.5 Å². The molecule has 234 valence electrons. The summed E-state index contributed by atoms with van der Waals surface area (Å²) in [6, 6.07) is 27.2. The maximum Gasteiger partial charge on any atom is 0.255 e. The first kappa shape index (κ1) is 29.5. The number of amides is 1. The van der Waals surface area contributed by atoms with Crippen LogP contribution in [0.15, 0.2) is 84.9 Å². The smallest absolute Gasteiger partial charge is 0.255 e. The number of anilines is 3. The lowest BCUT2D eigenvalue weighted by molar-refractivity contribution is 0.102. The molecule has 6 aromatic rings. The molecule has 4 aromatic carbocycles. The lowest BCUT2D eigenvalue weighted by Crippen LogP contribution is -2.36. The lowest BCUT2D eigenvalue weighted by atomic mass is 10.2. The fraction of sp³-hybridized carbons (Fsp3) is 0.229. The van der Waals surface area contributed by atoms with Crippen molar-refractivity contribution in [2.45, 2.75) is 0 Å². The monoisotopic (exact) mass is 617 g/mol. The van der Waals surface area contributed by atoms with Crippen LogP contribution < -0.4 is 15.1 Å².